The highest BCUT2D eigenvalue weighted by molar-refractivity contribution is 6.30. The van der Waals surface area contributed by atoms with E-state index >= 15 is 0 Å². The summed E-state index contributed by atoms with van der Waals surface area (Å²) < 4.78 is 18.7. The first-order chi connectivity index (χ1) is 8.70. The second-order valence-electron chi connectivity index (χ2n) is 3.79. The molecule has 1 N–H and O–H groups in total. The van der Waals surface area contributed by atoms with E-state index in [1.165, 1.54) is 6.07 Å². The minimum Gasteiger partial charge on any atom is -0.496 e. The van der Waals surface area contributed by atoms with E-state index in [-0.39, 0.29) is 5.82 Å². The Morgan fingerprint density at radius 3 is 2.72 bits per heavy atom. The number of halogens is 2. The van der Waals surface area contributed by atoms with E-state index in [4.69, 9.17) is 16.3 Å². The van der Waals surface area contributed by atoms with Crippen molar-refractivity contribution in [2.75, 3.05) is 12.4 Å². The van der Waals surface area contributed by atoms with Gasteiger partial charge in [-0.3, -0.25) is 0 Å². The molecular formula is C14H13ClFNO. The summed E-state index contributed by atoms with van der Waals surface area (Å²) in [5.41, 5.74) is 1.34. The van der Waals surface area contributed by atoms with E-state index in [9.17, 15) is 4.39 Å². The molecule has 0 radical (unpaired) electrons. The number of hydrogen-bond acceptors (Lipinski definition) is 2. The summed E-state index contributed by atoms with van der Waals surface area (Å²) in [7, 11) is 1.59. The molecule has 0 aromatic heterocycles. The zero-order chi connectivity index (χ0) is 13.0. The Morgan fingerprint density at radius 2 is 2.00 bits per heavy atom. The van der Waals surface area contributed by atoms with Crippen LogP contribution < -0.4 is 10.1 Å². The number of benzene rings is 2. The van der Waals surface area contributed by atoms with Gasteiger partial charge in [0.1, 0.15) is 11.6 Å². The first kappa shape index (κ1) is 12.7. The zero-order valence-electron chi connectivity index (χ0n) is 9.91. The maximum Gasteiger partial charge on any atom is 0.146 e. The second-order valence-corrected chi connectivity index (χ2v) is 4.23. The van der Waals surface area contributed by atoms with Crippen LogP contribution in [0.5, 0.6) is 5.75 Å². The van der Waals surface area contributed by atoms with Crippen molar-refractivity contribution in [2.24, 2.45) is 0 Å². The average Bonchev–Trinajstić information content (AvgIpc) is 2.38. The fourth-order valence-electron chi connectivity index (χ4n) is 1.68. The van der Waals surface area contributed by atoms with E-state index in [1.54, 1.807) is 43.5 Å². The zero-order valence-corrected chi connectivity index (χ0v) is 10.7. The largest absolute Gasteiger partial charge is 0.496 e. The van der Waals surface area contributed by atoms with E-state index in [1.807, 2.05) is 0 Å². The Hall–Kier alpha value is -1.74. The molecule has 0 bridgehead atoms. The van der Waals surface area contributed by atoms with Gasteiger partial charge in [-0.2, -0.15) is 0 Å². The number of nitrogens with one attached hydrogen (secondary N) is 1. The minimum absolute atomic E-state index is 0.279. The smallest absolute Gasteiger partial charge is 0.146 e. The molecule has 94 valence electrons. The van der Waals surface area contributed by atoms with Crippen molar-refractivity contribution in [3.05, 3.63) is 58.9 Å². The molecule has 4 heteroatoms. The lowest BCUT2D eigenvalue weighted by Crippen LogP contribution is -2.03. The van der Waals surface area contributed by atoms with Gasteiger partial charge in [-0.25, -0.2) is 4.39 Å². The van der Waals surface area contributed by atoms with Gasteiger partial charge < -0.3 is 10.1 Å². The van der Waals surface area contributed by atoms with E-state index in [0.29, 0.717) is 17.3 Å². The third-order valence-corrected chi connectivity index (χ3v) is 2.82. The molecule has 0 aliphatic rings. The molecule has 0 aliphatic heterocycles. The quantitative estimate of drug-likeness (QED) is 0.899. The number of anilines is 1. The van der Waals surface area contributed by atoms with Crippen molar-refractivity contribution in [1.82, 2.24) is 0 Å². The molecule has 0 saturated carbocycles. The van der Waals surface area contributed by atoms with Crippen LogP contribution in [-0.2, 0) is 6.54 Å². The van der Waals surface area contributed by atoms with Gasteiger partial charge in [-0.15, -0.1) is 0 Å². The van der Waals surface area contributed by atoms with Crippen molar-refractivity contribution in [2.45, 2.75) is 6.54 Å². The van der Waals surface area contributed by atoms with Crippen LogP contribution in [0.3, 0.4) is 0 Å². The van der Waals surface area contributed by atoms with Gasteiger partial charge >= 0.3 is 0 Å². The summed E-state index contributed by atoms with van der Waals surface area (Å²) in [4.78, 5) is 0. The molecule has 2 aromatic carbocycles. The van der Waals surface area contributed by atoms with Crippen LogP contribution in [0.15, 0.2) is 42.5 Å². The fraction of sp³-hybridized carbons (Fsp3) is 0.143. The predicted octanol–water partition coefficient (Wildman–Crippen LogP) is 4.10. The summed E-state index contributed by atoms with van der Waals surface area (Å²) in [6.45, 7) is 0.449. The van der Waals surface area contributed by atoms with E-state index < -0.39 is 0 Å². The van der Waals surface area contributed by atoms with Gasteiger partial charge in [-0.1, -0.05) is 23.7 Å². The van der Waals surface area contributed by atoms with Gasteiger partial charge in [0.2, 0.25) is 0 Å². The molecule has 0 amide bonds. The Morgan fingerprint density at radius 1 is 1.22 bits per heavy atom. The van der Waals surface area contributed by atoms with Crippen LogP contribution in [-0.4, -0.2) is 7.11 Å². The lowest BCUT2D eigenvalue weighted by molar-refractivity contribution is 0.410. The van der Waals surface area contributed by atoms with Crippen LogP contribution >= 0.6 is 11.6 Å². The lowest BCUT2D eigenvalue weighted by atomic mass is 10.2. The number of rotatable bonds is 4. The van der Waals surface area contributed by atoms with Crippen molar-refractivity contribution in [1.29, 1.82) is 0 Å². The van der Waals surface area contributed by atoms with Crippen molar-refractivity contribution in [3.63, 3.8) is 0 Å². The van der Waals surface area contributed by atoms with Crippen molar-refractivity contribution in [3.8, 4) is 5.75 Å². The number of para-hydroxylation sites is 1. The van der Waals surface area contributed by atoms with Crippen LogP contribution in [0.4, 0.5) is 10.1 Å². The lowest BCUT2D eigenvalue weighted by Gasteiger charge is -2.11. The minimum atomic E-state index is -0.279. The van der Waals surface area contributed by atoms with Crippen molar-refractivity contribution >= 4 is 17.3 Å². The molecule has 0 atom stereocenters. The van der Waals surface area contributed by atoms with E-state index in [2.05, 4.69) is 5.32 Å². The van der Waals surface area contributed by atoms with Gasteiger partial charge in [0.15, 0.2) is 0 Å². The number of ether oxygens (including phenoxy) is 1. The van der Waals surface area contributed by atoms with Gasteiger partial charge in [0.25, 0.3) is 0 Å². The second kappa shape index (κ2) is 5.74. The SMILES string of the molecule is COc1ccc(Cl)cc1CNc1ccccc1F. The van der Waals surface area contributed by atoms with Crippen LogP contribution in [0.25, 0.3) is 0 Å². The first-order valence-electron chi connectivity index (χ1n) is 5.51. The van der Waals surface area contributed by atoms with Crippen LogP contribution in [0.2, 0.25) is 5.02 Å². The Balaban J connectivity index is 2.15. The number of hydrogen-bond donors (Lipinski definition) is 1. The van der Waals surface area contributed by atoms with Gasteiger partial charge in [-0.05, 0) is 30.3 Å². The molecule has 2 rings (SSSR count). The van der Waals surface area contributed by atoms with E-state index in [0.717, 1.165) is 11.3 Å². The first-order valence-corrected chi connectivity index (χ1v) is 5.89. The molecule has 0 saturated heterocycles. The topological polar surface area (TPSA) is 21.3 Å². The third-order valence-electron chi connectivity index (χ3n) is 2.59. The standard InChI is InChI=1S/C14H13ClFNO/c1-18-14-7-6-11(15)8-10(14)9-17-13-5-3-2-4-12(13)16/h2-8,17H,9H2,1H3. The van der Waals surface area contributed by atoms with Crippen LogP contribution in [0.1, 0.15) is 5.56 Å². The Bertz CT molecular complexity index is 545. The maximum atomic E-state index is 13.4. The van der Waals surface area contributed by atoms with Crippen molar-refractivity contribution < 1.29 is 9.13 Å². The van der Waals surface area contributed by atoms with Gasteiger partial charge in [0.05, 0.1) is 12.8 Å². The third kappa shape index (κ3) is 2.93. The van der Waals surface area contributed by atoms with Crippen LogP contribution in [0, 0.1) is 5.82 Å². The summed E-state index contributed by atoms with van der Waals surface area (Å²) in [5.74, 6) is 0.446. The highest BCUT2D eigenvalue weighted by Crippen LogP contribution is 2.24. The summed E-state index contributed by atoms with van der Waals surface area (Å²) in [6, 6.07) is 11.9. The molecule has 2 aromatic rings. The molecule has 0 fully saturated rings. The highest BCUT2D eigenvalue weighted by Gasteiger charge is 2.05. The Labute approximate surface area is 110 Å². The highest BCUT2D eigenvalue weighted by atomic mass is 35.5. The Kier molecular flexibility index (Phi) is 4.05. The van der Waals surface area contributed by atoms with Gasteiger partial charge in [0, 0.05) is 17.1 Å². The predicted molar refractivity (Wildman–Crippen MR) is 71.7 cm³/mol. The molecule has 0 heterocycles. The molecular weight excluding hydrogens is 253 g/mol. The fourth-order valence-corrected chi connectivity index (χ4v) is 1.88. The average molecular weight is 266 g/mol. The number of methoxy groups -OCH3 is 1. The monoisotopic (exact) mass is 265 g/mol. The molecule has 0 unspecified atom stereocenters. The molecule has 0 aliphatic carbocycles. The molecule has 0 spiro atoms. The normalized spacial score (nSPS) is 10.2. The summed E-state index contributed by atoms with van der Waals surface area (Å²) in [6.07, 6.45) is 0. The molecule has 2 nitrogen and oxygen atoms in total. The molecule has 18 heavy (non-hydrogen) atoms. The summed E-state index contributed by atoms with van der Waals surface area (Å²) >= 11 is 5.93. The maximum absolute atomic E-state index is 13.4. The summed E-state index contributed by atoms with van der Waals surface area (Å²) in [5, 5.41) is 3.64.